The van der Waals surface area contributed by atoms with E-state index in [1.54, 1.807) is 12.1 Å². The molecule has 1 aromatic rings. The Morgan fingerprint density at radius 2 is 1.67 bits per heavy atom. The van der Waals surface area contributed by atoms with E-state index >= 15 is 0 Å². The smallest absolute Gasteiger partial charge is 0.558 e. The molecule has 1 aromatic carbocycles. The van der Waals surface area contributed by atoms with Gasteiger partial charge in [-0.15, -0.1) is 0 Å². The predicted octanol–water partition coefficient (Wildman–Crippen LogP) is -0.568. The molecule has 1 rings (SSSR count). The normalized spacial score (nSPS) is 9.33. The summed E-state index contributed by atoms with van der Waals surface area (Å²) in [6, 6.07) is 3.41. The van der Waals surface area contributed by atoms with Gasteiger partial charge in [-0.25, -0.2) is 0 Å². The van der Waals surface area contributed by atoms with Crippen LogP contribution in [0.1, 0.15) is 16.8 Å². The van der Waals surface area contributed by atoms with E-state index in [1.165, 1.54) is 21.3 Å². The minimum atomic E-state index is -0.0485. The molecule has 94 valence electrons. The molecule has 0 N–H and O–H groups in total. The fourth-order valence-electron chi connectivity index (χ4n) is 1.58. The molecule has 0 amide bonds. The topological polar surface area (TPSA) is 44.8 Å². The van der Waals surface area contributed by atoms with Crippen molar-refractivity contribution in [2.45, 2.75) is 6.42 Å². The van der Waals surface area contributed by atoms with Gasteiger partial charge in [-0.1, -0.05) is 0 Å². The molecule has 0 unspecified atom stereocenters. The van der Waals surface area contributed by atoms with Crippen LogP contribution in [0.4, 0.5) is 0 Å². The van der Waals surface area contributed by atoms with Crippen molar-refractivity contribution in [3.05, 3.63) is 17.7 Å². The van der Waals surface area contributed by atoms with Crippen molar-refractivity contribution < 1.29 is 37.9 Å². The van der Waals surface area contributed by atoms with Crippen LogP contribution in [0.2, 0.25) is 0 Å². The van der Waals surface area contributed by atoms with E-state index in [0.29, 0.717) is 35.4 Å². The summed E-state index contributed by atoms with van der Waals surface area (Å²) < 4.78 is 15.6. The third-order valence-electron chi connectivity index (χ3n) is 2.36. The minimum absolute atomic E-state index is 0. The molecule has 6 heteroatoms. The Morgan fingerprint density at radius 3 is 2.11 bits per heavy atom. The molecule has 0 aromatic heterocycles. The number of carbonyl (C=O) groups excluding carboxylic acids is 1. The Morgan fingerprint density at radius 1 is 1.11 bits per heavy atom. The van der Waals surface area contributed by atoms with E-state index in [9.17, 15) is 4.79 Å². The first-order chi connectivity index (χ1) is 8.19. The van der Waals surface area contributed by atoms with Gasteiger partial charge in [-0.05, 0) is 18.6 Å². The van der Waals surface area contributed by atoms with E-state index < -0.39 is 0 Å². The number of methoxy groups -OCH3 is 3. The molecule has 0 bridgehead atoms. The van der Waals surface area contributed by atoms with Gasteiger partial charge in [0.1, 0.15) is 11.3 Å². The maximum Gasteiger partial charge on any atom is 1.00 e. The molecule has 0 saturated heterocycles. The van der Waals surface area contributed by atoms with E-state index in [-0.39, 0.29) is 24.6 Å². The summed E-state index contributed by atoms with van der Waals surface area (Å²) in [6.45, 7) is 0. The Balaban J connectivity index is 0.00000289. The molecule has 0 heterocycles. The summed E-state index contributed by atoms with van der Waals surface area (Å²) in [5.74, 6) is 1.38. The van der Waals surface area contributed by atoms with Gasteiger partial charge in [0.25, 0.3) is 0 Å². The first-order valence-electron chi connectivity index (χ1n) is 5.16. The molecule has 0 atom stereocenters. The van der Waals surface area contributed by atoms with Gasteiger partial charge in [-0.2, -0.15) is 6.16 Å². The van der Waals surface area contributed by atoms with Crippen molar-refractivity contribution in [1.29, 1.82) is 0 Å². The number of benzene rings is 1. The van der Waals surface area contributed by atoms with Gasteiger partial charge in [0.05, 0.1) is 21.3 Å². The fourth-order valence-corrected chi connectivity index (χ4v) is 1.81. The van der Waals surface area contributed by atoms with Crippen LogP contribution in [0.5, 0.6) is 17.2 Å². The van der Waals surface area contributed by atoms with Gasteiger partial charge < -0.3 is 23.5 Å². The van der Waals surface area contributed by atoms with Crippen LogP contribution in [-0.2, 0) is 0 Å². The number of carbonyl (C=O) groups is 1. The second-order valence-electron chi connectivity index (χ2n) is 3.30. The van der Waals surface area contributed by atoms with Crippen LogP contribution in [0.3, 0.4) is 0 Å². The van der Waals surface area contributed by atoms with Gasteiger partial charge >= 0.3 is 18.9 Å². The van der Waals surface area contributed by atoms with Crippen LogP contribution in [0, 0.1) is 0 Å². The summed E-state index contributed by atoms with van der Waals surface area (Å²) in [5, 5.41) is 0. The van der Waals surface area contributed by atoms with Crippen molar-refractivity contribution in [1.82, 2.24) is 0 Å². The Hall–Kier alpha value is -0.683. The van der Waals surface area contributed by atoms with Gasteiger partial charge in [0, 0.05) is 0 Å². The van der Waals surface area contributed by atoms with Crippen LogP contribution in [0.25, 0.3) is 0 Å². The van der Waals surface area contributed by atoms with E-state index in [4.69, 9.17) is 14.2 Å². The van der Waals surface area contributed by atoms with Crippen molar-refractivity contribution >= 4 is 15.0 Å². The third kappa shape index (κ3) is 3.65. The standard InChI is InChI=1S/C12H16O4P.Li/c1-14-9-4-5-10(15-2)12(16-3)11(9)8(13)6-7-17;/h4-5,17H,6-7H2,1-3H3;/q-1;+1. The zero-order valence-electron chi connectivity index (χ0n) is 11.2. The second kappa shape index (κ2) is 8.42. The number of Topliss-reactive ketones (excluding diaryl/α,β-unsaturated/α-hetero) is 1. The van der Waals surface area contributed by atoms with E-state index in [0.717, 1.165) is 0 Å². The molecular weight excluding hydrogens is 246 g/mol. The average molecular weight is 262 g/mol. The average Bonchev–Trinajstić information content (AvgIpc) is 2.36. The largest absolute Gasteiger partial charge is 1.00 e. The number of ether oxygens (including phenoxy) is 3. The van der Waals surface area contributed by atoms with Crippen LogP contribution in [0.15, 0.2) is 12.1 Å². The molecule has 0 aliphatic rings. The van der Waals surface area contributed by atoms with Crippen LogP contribution >= 0.6 is 9.24 Å². The van der Waals surface area contributed by atoms with Crippen LogP contribution in [-0.4, -0.2) is 33.3 Å². The maximum absolute atomic E-state index is 12.0. The Labute approximate surface area is 122 Å². The zero-order valence-corrected chi connectivity index (χ0v) is 12.2. The Bertz CT molecular complexity index is 409. The van der Waals surface area contributed by atoms with Gasteiger partial charge in [-0.3, -0.25) is 4.79 Å². The monoisotopic (exact) mass is 262 g/mol. The minimum Gasteiger partial charge on any atom is -0.558 e. The first kappa shape index (κ1) is 17.3. The van der Waals surface area contributed by atoms with Crippen molar-refractivity contribution in [3.63, 3.8) is 0 Å². The summed E-state index contributed by atoms with van der Waals surface area (Å²) >= 11 is 0. The fraction of sp³-hybridized carbons (Fsp3) is 0.417. The summed E-state index contributed by atoms with van der Waals surface area (Å²) in [6.07, 6.45) is 0.957. The molecule has 4 nitrogen and oxygen atoms in total. The van der Waals surface area contributed by atoms with Gasteiger partial charge in [0.15, 0.2) is 17.3 Å². The van der Waals surface area contributed by atoms with Crippen LogP contribution < -0.4 is 33.1 Å². The molecule has 0 fully saturated rings. The number of ketones is 1. The first-order valence-corrected chi connectivity index (χ1v) is 5.87. The number of hydrogen-bond acceptors (Lipinski definition) is 4. The summed E-state index contributed by atoms with van der Waals surface area (Å²) in [4.78, 5) is 12.0. The number of hydrogen-bond donors (Lipinski definition) is 0. The summed E-state index contributed by atoms with van der Waals surface area (Å²) in [5.41, 5.74) is 0.424. The molecule has 0 spiro atoms. The summed E-state index contributed by atoms with van der Waals surface area (Å²) in [7, 11) is 7.84. The van der Waals surface area contributed by atoms with Gasteiger partial charge in [0.2, 0.25) is 0 Å². The van der Waals surface area contributed by atoms with E-state index in [1.807, 2.05) is 0 Å². The molecule has 18 heavy (non-hydrogen) atoms. The molecular formula is C12H16LiO4P. The predicted molar refractivity (Wildman–Crippen MR) is 68.2 cm³/mol. The maximum atomic E-state index is 12.0. The quantitative estimate of drug-likeness (QED) is 0.391. The molecule has 0 aliphatic heterocycles. The number of rotatable bonds is 6. The van der Waals surface area contributed by atoms with E-state index in [2.05, 4.69) is 9.24 Å². The Kier molecular flexibility index (Phi) is 8.11. The molecule has 0 aliphatic carbocycles. The third-order valence-corrected chi connectivity index (χ3v) is 2.61. The molecule has 0 saturated carbocycles. The zero-order chi connectivity index (χ0) is 12.8. The van der Waals surface area contributed by atoms with Crippen molar-refractivity contribution in [2.75, 3.05) is 27.5 Å². The SMILES string of the molecule is COc1ccc(OC)c(C(=O)CC[PH-])c1OC.[Li+]. The van der Waals surface area contributed by atoms with Crippen molar-refractivity contribution in [3.8, 4) is 17.2 Å². The van der Waals surface area contributed by atoms with Crippen molar-refractivity contribution in [2.24, 2.45) is 0 Å². The molecule has 0 radical (unpaired) electrons. The second-order valence-corrected chi connectivity index (χ2v) is 3.80.